The smallest absolute Gasteiger partial charge is 0.276 e. The van der Waals surface area contributed by atoms with E-state index in [0.29, 0.717) is 12.3 Å². The van der Waals surface area contributed by atoms with Crippen LogP contribution in [0.2, 0.25) is 0 Å². The number of hydrogen-bond donors (Lipinski definition) is 1. The molecule has 0 saturated heterocycles. The molecule has 0 spiro atoms. The summed E-state index contributed by atoms with van der Waals surface area (Å²) in [5.41, 5.74) is 1.10. The Balaban J connectivity index is 1.52. The number of carbonyl (C=O) groups is 1. The van der Waals surface area contributed by atoms with E-state index in [1.54, 1.807) is 10.9 Å². The maximum atomic E-state index is 12.5. The molecular weight excluding hydrogens is 320 g/mol. The second kappa shape index (κ2) is 6.39. The summed E-state index contributed by atoms with van der Waals surface area (Å²) in [5, 5.41) is 15.5. The van der Waals surface area contributed by atoms with E-state index in [2.05, 4.69) is 25.2 Å². The average Bonchev–Trinajstić information content (AvgIpc) is 3.36. The molecule has 0 bridgehead atoms. The minimum absolute atomic E-state index is 0.243. The zero-order valence-corrected chi connectivity index (χ0v) is 13.8. The van der Waals surface area contributed by atoms with Crippen LogP contribution in [-0.2, 0) is 19.5 Å². The number of amides is 1. The summed E-state index contributed by atoms with van der Waals surface area (Å²) in [6.07, 6.45) is 3.70. The van der Waals surface area contributed by atoms with Crippen molar-refractivity contribution in [2.75, 3.05) is 7.11 Å². The van der Waals surface area contributed by atoms with Crippen LogP contribution in [0, 0.1) is 0 Å². The number of fused-ring (bicyclic) bond motifs is 1. The molecule has 8 nitrogen and oxygen atoms in total. The van der Waals surface area contributed by atoms with E-state index in [1.807, 2.05) is 30.3 Å². The van der Waals surface area contributed by atoms with Crippen molar-refractivity contribution >= 4 is 5.91 Å². The lowest BCUT2D eigenvalue weighted by molar-refractivity contribution is 0.0941. The van der Waals surface area contributed by atoms with Gasteiger partial charge in [0.25, 0.3) is 5.91 Å². The Hall–Kier alpha value is -3.16. The van der Waals surface area contributed by atoms with Crippen LogP contribution in [0.1, 0.15) is 28.6 Å². The number of hydrogen-bond acceptors (Lipinski definition) is 5. The Morgan fingerprint density at radius 1 is 1.28 bits per heavy atom. The molecule has 0 radical (unpaired) electrons. The zero-order chi connectivity index (χ0) is 17.2. The summed E-state index contributed by atoms with van der Waals surface area (Å²) in [7, 11) is 1.52. The van der Waals surface area contributed by atoms with Crippen molar-refractivity contribution in [3.63, 3.8) is 0 Å². The third-order valence-corrected chi connectivity index (χ3v) is 4.23. The van der Waals surface area contributed by atoms with Crippen LogP contribution in [-0.4, -0.2) is 37.6 Å². The van der Waals surface area contributed by atoms with Crippen molar-refractivity contribution < 1.29 is 9.53 Å². The number of ether oxygens (including phenoxy) is 1. The summed E-state index contributed by atoms with van der Waals surface area (Å²) in [6, 6.07) is 9.57. The van der Waals surface area contributed by atoms with Gasteiger partial charge in [0.2, 0.25) is 0 Å². The fourth-order valence-electron chi connectivity index (χ4n) is 2.96. The Bertz CT molecular complexity index is 899. The number of nitrogens with zero attached hydrogens (tertiary/aromatic N) is 5. The standard InChI is InChI=1S/C17H18N6O2/c1-25-13-11-23(12-6-3-2-4-7-12)21-16(13)17(24)18-10-15-20-19-14-8-5-9-22(14)15/h2-4,6-7,11H,5,8-10H2,1H3,(H,18,24). The molecule has 3 heterocycles. The van der Waals surface area contributed by atoms with Crippen LogP contribution in [0.4, 0.5) is 0 Å². The summed E-state index contributed by atoms with van der Waals surface area (Å²) < 4.78 is 8.99. The van der Waals surface area contributed by atoms with E-state index in [0.717, 1.165) is 36.7 Å². The van der Waals surface area contributed by atoms with Crippen molar-refractivity contribution in [1.29, 1.82) is 0 Å². The molecule has 0 aliphatic carbocycles. The number of benzene rings is 1. The predicted octanol–water partition coefficient (Wildman–Crippen LogP) is 1.35. The van der Waals surface area contributed by atoms with Crippen molar-refractivity contribution in [2.45, 2.75) is 25.9 Å². The number of methoxy groups -OCH3 is 1. The van der Waals surface area contributed by atoms with Crippen LogP contribution in [0.15, 0.2) is 36.5 Å². The topological polar surface area (TPSA) is 86.9 Å². The van der Waals surface area contributed by atoms with Gasteiger partial charge in [-0.25, -0.2) is 4.68 Å². The molecule has 0 unspecified atom stereocenters. The van der Waals surface area contributed by atoms with Gasteiger partial charge in [-0.3, -0.25) is 4.79 Å². The lowest BCUT2D eigenvalue weighted by atomic mass is 10.3. The molecule has 4 rings (SSSR count). The summed E-state index contributed by atoms with van der Waals surface area (Å²) in [4.78, 5) is 12.5. The highest BCUT2D eigenvalue weighted by Crippen LogP contribution is 2.20. The number of carbonyl (C=O) groups excluding carboxylic acids is 1. The van der Waals surface area contributed by atoms with Crippen LogP contribution >= 0.6 is 0 Å². The van der Waals surface area contributed by atoms with E-state index in [1.165, 1.54) is 7.11 Å². The van der Waals surface area contributed by atoms with Crippen LogP contribution in [0.3, 0.4) is 0 Å². The van der Waals surface area contributed by atoms with Gasteiger partial charge in [-0.05, 0) is 18.6 Å². The molecule has 128 valence electrons. The molecule has 25 heavy (non-hydrogen) atoms. The lowest BCUT2D eigenvalue weighted by Gasteiger charge is -2.05. The van der Waals surface area contributed by atoms with Crippen molar-refractivity contribution in [3.8, 4) is 11.4 Å². The maximum absolute atomic E-state index is 12.5. The van der Waals surface area contributed by atoms with Gasteiger partial charge in [0.1, 0.15) is 5.82 Å². The van der Waals surface area contributed by atoms with E-state index < -0.39 is 0 Å². The van der Waals surface area contributed by atoms with Gasteiger partial charge in [0.05, 0.1) is 25.5 Å². The van der Waals surface area contributed by atoms with Crippen LogP contribution in [0.5, 0.6) is 5.75 Å². The molecule has 1 aliphatic heterocycles. The Labute approximate surface area is 144 Å². The maximum Gasteiger partial charge on any atom is 0.276 e. The first-order valence-electron chi connectivity index (χ1n) is 8.14. The molecular formula is C17H18N6O2. The lowest BCUT2D eigenvalue weighted by Crippen LogP contribution is -2.25. The van der Waals surface area contributed by atoms with Crippen LogP contribution < -0.4 is 10.1 Å². The Morgan fingerprint density at radius 2 is 2.12 bits per heavy atom. The normalized spacial score (nSPS) is 12.8. The van der Waals surface area contributed by atoms with E-state index in [9.17, 15) is 4.79 Å². The number of para-hydroxylation sites is 1. The van der Waals surface area contributed by atoms with Gasteiger partial charge >= 0.3 is 0 Å². The number of aromatic nitrogens is 5. The minimum atomic E-state index is -0.304. The van der Waals surface area contributed by atoms with E-state index in [4.69, 9.17) is 4.74 Å². The van der Waals surface area contributed by atoms with Gasteiger partial charge in [0, 0.05) is 13.0 Å². The average molecular weight is 338 g/mol. The highest BCUT2D eigenvalue weighted by molar-refractivity contribution is 5.94. The van der Waals surface area contributed by atoms with Gasteiger partial charge in [-0.1, -0.05) is 18.2 Å². The summed E-state index contributed by atoms with van der Waals surface area (Å²) in [5.74, 6) is 1.87. The van der Waals surface area contributed by atoms with Gasteiger partial charge in [-0.2, -0.15) is 5.10 Å². The molecule has 1 aromatic carbocycles. The fraction of sp³-hybridized carbons (Fsp3) is 0.294. The summed E-state index contributed by atoms with van der Waals surface area (Å²) in [6.45, 7) is 1.21. The van der Waals surface area contributed by atoms with E-state index >= 15 is 0 Å². The molecule has 1 amide bonds. The second-order valence-corrected chi connectivity index (χ2v) is 5.80. The third kappa shape index (κ3) is 2.86. The van der Waals surface area contributed by atoms with Crippen molar-refractivity contribution in [2.24, 2.45) is 0 Å². The molecule has 2 aromatic heterocycles. The van der Waals surface area contributed by atoms with Gasteiger partial charge in [-0.15, -0.1) is 10.2 Å². The first-order chi connectivity index (χ1) is 12.3. The van der Waals surface area contributed by atoms with E-state index in [-0.39, 0.29) is 11.6 Å². The third-order valence-electron chi connectivity index (χ3n) is 4.23. The molecule has 8 heteroatoms. The SMILES string of the molecule is COc1cn(-c2ccccc2)nc1C(=O)NCc1nnc2n1CCC2. The number of rotatable bonds is 5. The predicted molar refractivity (Wildman–Crippen MR) is 89.6 cm³/mol. The van der Waals surface area contributed by atoms with Gasteiger partial charge in [0.15, 0.2) is 17.3 Å². The molecule has 1 N–H and O–H groups in total. The van der Waals surface area contributed by atoms with Crippen molar-refractivity contribution in [3.05, 3.63) is 53.9 Å². The largest absolute Gasteiger partial charge is 0.493 e. The highest BCUT2D eigenvalue weighted by Gasteiger charge is 2.21. The highest BCUT2D eigenvalue weighted by atomic mass is 16.5. The zero-order valence-electron chi connectivity index (χ0n) is 13.8. The first-order valence-corrected chi connectivity index (χ1v) is 8.14. The molecule has 0 saturated carbocycles. The first kappa shape index (κ1) is 15.4. The number of nitrogens with one attached hydrogen (secondary N) is 1. The quantitative estimate of drug-likeness (QED) is 0.759. The number of aryl methyl sites for hydroxylation is 1. The Kier molecular flexibility index (Phi) is 3.93. The monoisotopic (exact) mass is 338 g/mol. The van der Waals surface area contributed by atoms with Gasteiger partial charge < -0.3 is 14.6 Å². The molecule has 1 aliphatic rings. The molecule has 0 fully saturated rings. The molecule has 3 aromatic rings. The second-order valence-electron chi connectivity index (χ2n) is 5.80. The minimum Gasteiger partial charge on any atom is -0.493 e. The van der Waals surface area contributed by atoms with Crippen LogP contribution in [0.25, 0.3) is 5.69 Å². The van der Waals surface area contributed by atoms with Crippen molar-refractivity contribution in [1.82, 2.24) is 29.9 Å². The summed E-state index contributed by atoms with van der Waals surface area (Å²) >= 11 is 0. The Morgan fingerprint density at radius 3 is 2.92 bits per heavy atom. The fourth-order valence-corrected chi connectivity index (χ4v) is 2.96. The molecule has 0 atom stereocenters.